The largest absolute Gasteiger partial charge is 0.354 e. The summed E-state index contributed by atoms with van der Waals surface area (Å²) in [7, 11) is 0. The maximum Gasteiger partial charge on any atom is 0.0541 e. The van der Waals surface area contributed by atoms with E-state index in [0.717, 1.165) is 0 Å². The van der Waals surface area contributed by atoms with Gasteiger partial charge in [-0.1, -0.05) is 92.7 Å². The van der Waals surface area contributed by atoms with Crippen LogP contribution < -0.4 is 0 Å². The van der Waals surface area contributed by atoms with Crippen LogP contribution in [-0.4, -0.2) is 4.98 Å². The molecule has 0 aliphatic heterocycles. The van der Waals surface area contributed by atoms with Crippen molar-refractivity contribution in [3.05, 3.63) is 96.1 Å². The molecule has 5 aromatic rings. The van der Waals surface area contributed by atoms with Crippen molar-refractivity contribution in [3.63, 3.8) is 0 Å². The summed E-state index contributed by atoms with van der Waals surface area (Å²) in [6, 6.07) is 30.8. The van der Waals surface area contributed by atoms with Crippen LogP contribution in [0.2, 0.25) is 0 Å². The second-order valence-corrected chi connectivity index (χ2v) is 8.34. The molecule has 0 amide bonds. The van der Waals surface area contributed by atoms with Crippen molar-refractivity contribution in [2.45, 2.75) is 19.3 Å². The van der Waals surface area contributed by atoms with Gasteiger partial charge >= 0.3 is 0 Å². The molecule has 1 heterocycles. The summed E-state index contributed by atoms with van der Waals surface area (Å²) in [6.07, 6.45) is 0. The van der Waals surface area contributed by atoms with Gasteiger partial charge in [-0.25, -0.2) is 0 Å². The Hall–Kier alpha value is -3.32. The van der Waals surface area contributed by atoms with Crippen LogP contribution in [0.15, 0.2) is 84.9 Å². The number of nitrogens with one attached hydrogen (secondary N) is 1. The summed E-state index contributed by atoms with van der Waals surface area (Å²) in [6.45, 7) is 4.71. The maximum absolute atomic E-state index is 3.79. The van der Waals surface area contributed by atoms with Crippen molar-refractivity contribution in [2.24, 2.45) is 0 Å². The molecule has 28 heavy (non-hydrogen) atoms. The van der Waals surface area contributed by atoms with Gasteiger partial charge < -0.3 is 4.98 Å². The zero-order valence-electron chi connectivity index (χ0n) is 16.1. The normalized spacial score (nSPS) is 14.4. The molecule has 1 nitrogen and oxygen atoms in total. The molecule has 134 valence electrons. The zero-order valence-corrected chi connectivity index (χ0v) is 16.1. The predicted molar refractivity (Wildman–Crippen MR) is 119 cm³/mol. The molecule has 0 spiro atoms. The quantitative estimate of drug-likeness (QED) is 0.323. The van der Waals surface area contributed by atoms with Gasteiger partial charge in [0.15, 0.2) is 0 Å². The van der Waals surface area contributed by atoms with Crippen LogP contribution >= 0.6 is 0 Å². The molecule has 0 bridgehead atoms. The van der Waals surface area contributed by atoms with Crippen LogP contribution in [0.3, 0.4) is 0 Å². The molecule has 1 heteroatoms. The average molecular weight is 359 g/mol. The maximum atomic E-state index is 3.79. The molecule has 1 N–H and O–H groups in total. The highest BCUT2D eigenvalue weighted by atomic mass is 14.8. The van der Waals surface area contributed by atoms with Crippen molar-refractivity contribution in [2.75, 3.05) is 0 Å². The Balaban J connectivity index is 1.64. The first-order valence-corrected chi connectivity index (χ1v) is 9.89. The minimum Gasteiger partial charge on any atom is -0.354 e. The van der Waals surface area contributed by atoms with E-state index >= 15 is 0 Å². The van der Waals surface area contributed by atoms with Crippen LogP contribution in [0.4, 0.5) is 0 Å². The second kappa shape index (κ2) is 5.36. The molecule has 0 atom stereocenters. The number of H-pyrrole nitrogens is 1. The third kappa shape index (κ3) is 1.96. The molecule has 1 aromatic heterocycles. The fourth-order valence-electron chi connectivity index (χ4n) is 5.01. The van der Waals surface area contributed by atoms with Gasteiger partial charge in [0, 0.05) is 21.8 Å². The molecular formula is C27H21N. The monoisotopic (exact) mass is 359 g/mol. The third-order valence-electron chi connectivity index (χ3n) is 6.39. The topological polar surface area (TPSA) is 15.8 Å². The van der Waals surface area contributed by atoms with E-state index in [-0.39, 0.29) is 5.41 Å². The Labute approximate surface area is 164 Å². The first kappa shape index (κ1) is 15.7. The van der Waals surface area contributed by atoms with Crippen molar-refractivity contribution in [1.29, 1.82) is 0 Å². The Morgan fingerprint density at radius 2 is 1.46 bits per heavy atom. The van der Waals surface area contributed by atoms with E-state index in [1.54, 1.807) is 0 Å². The van der Waals surface area contributed by atoms with Crippen LogP contribution in [0.1, 0.15) is 25.0 Å². The summed E-state index contributed by atoms with van der Waals surface area (Å²) in [5.74, 6) is 0. The van der Waals surface area contributed by atoms with Crippen molar-refractivity contribution in [3.8, 4) is 22.4 Å². The van der Waals surface area contributed by atoms with Gasteiger partial charge in [0.1, 0.15) is 0 Å². The highest BCUT2D eigenvalue weighted by Crippen LogP contribution is 2.52. The van der Waals surface area contributed by atoms with Gasteiger partial charge in [0.25, 0.3) is 0 Å². The second-order valence-electron chi connectivity index (χ2n) is 8.34. The first-order valence-electron chi connectivity index (χ1n) is 9.89. The third-order valence-corrected chi connectivity index (χ3v) is 6.39. The highest BCUT2D eigenvalue weighted by Gasteiger charge is 2.38. The fourth-order valence-corrected chi connectivity index (χ4v) is 5.01. The molecular weight excluding hydrogens is 338 g/mol. The molecule has 1 aliphatic rings. The van der Waals surface area contributed by atoms with E-state index in [1.165, 1.54) is 55.2 Å². The van der Waals surface area contributed by atoms with Gasteiger partial charge in [0.05, 0.1) is 11.2 Å². The molecule has 4 aromatic carbocycles. The summed E-state index contributed by atoms with van der Waals surface area (Å²) in [5, 5.41) is 3.93. The standard InChI is InChI=1S/C27H21N/c1-27(2)23-16-19(17-8-4-3-5-9-17)13-14-21(23)26-24(27)22-15-12-18-10-6-7-11-20(18)25(22)28-26/h3-16,28H,1-2H3. The molecule has 0 radical (unpaired) electrons. The lowest BCUT2D eigenvalue weighted by molar-refractivity contribution is 0.667. The molecule has 6 rings (SSSR count). The Kier molecular flexibility index (Phi) is 3.01. The first-order chi connectivity index (χ1) is 13.6. The number of hydrogen-bond acceptors (Lipinski definition) is 0. The van der Waals surface area contributed by atoms with Crippen LogP contribution in [0, 0.1) is 0 Å². The Morgan fingerprint density at radius 1 is 0.679 bits per heavy atom. The number of aromatic nitrogens is 1. The number of rotatable bonds is 1. The summed E-state index contributed by atoms with van der Waals surface area (Å²) in [4.78, 5) is 3.79. The lowest BCUT2D eigenvalue weighted by Gasteiger charge is -2.22. The number of aromatic amines is 1. The number of hydrogen-bond donors (Lipinski definition) is 1. The molecule has 1 aliphatic carbocycles. The SMILES string of the molecule is CC1(C)c2cc(-c3ccccc3)ccc2-c2[nH]c3c(ccc4ccccc43)c21. The van der Waals surface area contributed by atoms with E-state index < -0.39 is 0 Å². The van der Waals surface area contributed by atoms with Crippen LogP contribution in [0.25, 0.3) is 44.1 Å². The molecule has 0 unspecified atom stereocenters. The predicted octanol–water partition coefficient (Wildman–Crippen LogP) is 7.29. The average Bonchev–Trinajstić information content (AvgIpc) is 3.23. The van der Waals surface area contributed by atoms with Gasteiger partial charge in [-0.3, -0.25) is 0 Å². The lowest BCUT2D eigenvalue weighted by Crippen LogP contribution is -2.15. The summed E-state index contributed by atoms with van der Waals surface area (Å²) < 4.78 is 0. The van der Waals surface area contributed by atoms with Gasteiger partial charge in [-0.15, -0.1) is 0 Å². The fraction of sp³-hybridized carbons (Fsp3) is 0.111. The molecule has 0 saturated carbocycles. The summed E-state index contributed by atoms with van der Waals surface area (Å²) in [5.41, 5.74) is 9.23. The van der Waals surface area contributed by atoms with Crippen molar-refractivity contribution < 1.29 is 0 Å². The highest BCUT2D eigenvalue weighted by molar-refractivity contribution is 6.10. The minimum atomic E-state index is -0.0316. The van der Waals surface area contributed by atoms with E-state index in [0.29, 0.717) is 0 Å². The number of benzene rings is 4. The smallest absolute Gasteiger partial charge is 0.0541 e. The Bertz CT molecular complexity index is 1370. The van der Waals surface area contributed by atoms with E-state index in [9.17, 15) is 0 Å². The van der Waals surface area contributed by atoms with Gasteiger partial charge in [-0.2, -0.15) is 0 Å². The Morgan fingerprint density at radius 3 is 2.32 bits per heavy atom. The van der Waals surface area contributed by atoms with E-state index in [2.05, 4.69) is 104 Å². The zero-order chi connectivity index (χ0) is 18.9. The van der Waals surface area contributed by atoms with Crippen LogP contribution in [0.5, 0.6) is 0 Å². The number of fused-ring (bicyclic) bond motifs is 7. The van der Waals surface area contributed by atoms with Gasteiger partial charge in [-0.05, 0) is 33.7 Å². The molecule has 0 fully saturated rings. The minimum absolute atomic E-state index is 0.0316. The van der Waals surface area contributed by atoms with E-state index in [1.807, 2.05) is 0 Å². The van der Waals surface area contributed by atoms with Crippen LogP contribution in [-0.2, 0) is 5.41 Å². The lowest BCUT2D eigenvalue weighted by atomic mass is 9.80. The van der Waals surface area contributed by atoms with E-state index in [4.69, 9.17) is 0 Å². The van der Waals surface area contributed by atoms with Gasteiger partial charge in [0.2, 0.25) is 0 Å². The van der Waals surface area contributed by atoms with Crippen molar-refractivity contribution >= 4 is 21.7 Å². The molecule has 0 saturated heterocycles. The van der Waals surface area contributed by atoms with Crippen molar-refractivity contribution in [1.82, 2.24) is 4.98 Å². The summed E-state index contributed by atoms with van der Waals surface area (Å²) >= 11 is 0.